The van der Waals surface area contributed by atoms with Crippen molar-refractivity contribution in [3.63, 3.8) is 0 Å². The quantitative estimate of drug-likeness (QED) is 0.720. The number of aliphatic hydroxyl groups is 1. The molecular formula is C11H21NO2. The van der Waals surface area contributed by atoms with E-state index in [-0.39, 0.29) is 0 Å². The van der Waals surface area contributed by atoms with Crippen LogP contribution in [0.15, 0.2) is 0 Å². The molecule has 82 valence electrons. The highest BCUT2D eigenvalue weighted by Gasteiger charge is 2.32. The Bertz CT molecular complexity index is 172. The second kappa shape index (κ2) is 4.60. The van der Waals surface area contributed by atoms with Gasteiger partial charge in [0, 0.05) is 13.2 Å². The lowest BCUT2D eigenvalue weighted by Crippen LogP contribution is -2.49. The molecule has 3 heteroatoms. The molecule has 0 radical (unpaired) electrons. The molecule has 0 saturated carbocycles. The van der Waals surface area contributed by atoms with E-state index in [1.165, 1.54) is 19.3 Å². The summed E-state index contributed by atoms with van der Waals surface area (Å²) >= 11 is 0. The molecule has 1 N–H and O–H groups in total. The van der Waals surface area contributed by atoms with Gasteiger partial charge in [0.05, 0.1) is 6.61 Å². The molecule has 2 rings (SSSR count). The van der Waals surface area contributed by atoms with Gasteiger partial charge in [-0.3, -0.25) is 0 Å². The normalized spacial score (nSPS) is 35.8. The van der Waals surface area contributed by atoms with Crippen LogP contribution in [0.4, 0.5) is 0 Å². The van der Waals surface area contributed by atoms with Crippen LogP contribution in [-0.2, 0) is 4.74 Å². The number of hydrogen-bond acceptors (Lipinski definition) is 3. The Morgan fingerprint density at radius 3 is 2.57 bits per heavy atom. The maximum Gasteiger partial charge on any atom is 0.101 e. The predicted molar refractivity (Wildman–Crippen MR) is 55.3 cm³/mol. The van der Waals surface area contributed by atoms with Gasteiger partial charge in [-0.1, -0.05) is 6.42 Å². The van der Waals surface area contributed by atoms with Crippen LogP contribution in [-0.4, -0.2) is 48.5 Å². The average Bonchev–Trinajstić information content (AvgIpc) is 2.19. The predicted octanol–water partition coefficient (Wildman–Crippen LogP) is 1.01. The first-order valence-electron chi connectivity index (χ1n) is 5.81. The smallest absolute Gasteiger partial charge is 0.101 e. The molecule has 0 aromatic rings. The first kappa shape index (κ1) is 10.4. The number of rotatable bonds is 2. The van der Waals surface area contributed by atoms with Gasteiger partial charge in [-0.15, -0.1) is 0 Å². The van der Waals surface area contributed by atoms with Gasteiger partial charge < -0.3 is 14.7 Å². The number of ether oxygens (including phenoxy) is 1. The summed E-state index contributed by atoms with van der Waals surface area (Å²) in [6.45, 7) is 4.48. The molecule has 0 bridgehead atoms. The van der Waals surface area contributed by atoms with Crippen LogP contribution >= 0.6 is 0 Å². The van der Waals surface area contributed by atoms with Crippen molar-refractivity contribution in [2.24, 2.45) is 0 Å². The maximum absolute atomic E-state index is 10.3. The van der Waals surface area contributed by atoms with Gasteiger partial charge in [0.15, 0.2) is 0 Å². The van der Waals surface area contributed by atoms with E-state index in [4.69, 9.17) is 4.74 Å². The maximum atomic E-state index is 10.3. The summed E-state index contributed by atoms with van der Waals surface area (Å²) in [4.78, 5) is 2.39. The van der Waals surface area contributed by atoms with Crippen LogP contribution in [0.3, 0.4) is 0 Å². The van der Waals surface area contributed by atoms with E-state index in [1.54, 1.807) is 0 Å². The highest BCUT2D eigenvalue weighted by molar-refractivity contribution is 4.85. The van der Waals surface area contributed by atoms with E-state index >= 15 is 0 Å². The molecule has 1 unspecified atom stereocenters. The van der Waals surface area contributed by atoms with Gasteiger partial charge >= 0.3 is 0 Å². The Kier molecular flexibility index (Phi) is 3.42. The minimum atomic E-state index is -0.560. The zero-order valence-corrected chi connectivity index (χ0v) is 8.87. The van der Waals surface area contributed by atoms with Crippen molar-refractivity contribution in [2.75, 3.05) is 32.8 Å². The lowest BCUT2D eigenvalue weighted by atomic mass is 9.95. The molecule has 0 aliphatic carbocycles. The number of nitrogens with zero attached hydrogens (tertiary/aromatic N) is 1. The molecule has 2 aliphatic heterocycles. The summed E-state index contributed by atoms with van der Waals surface area (Å²) in [7, 11) is 0. The number of β-amino-alcohol motifs (C(OH)–C–C–N with tert-alkyl or cyclic N) is 1. The van der Waals surface area contributed by atoms with Crippen molar-refractivity contribution in [3.8, 4) is 0 Å². The molecule has 3 nitrogen and oxygen atoms in total. The molecule has 2 heterocycles. The summed E-state index contributed by atoms with van der Waals surface area (Å²) in [5, 5.41) is 10.3. The summed E-state index contributed by atoms with van der Waals surface area (Å²) in [5.41, 5.74) is -0.560. The van der Waals surface area contributed by atoms with Crippen LogP contribution in [0.2, 0.25) is 0 Å². The van der Waals surface area contributed by atoms with E-state index in [0.717, 1.165) is 39.1 Å². The third kappa shape index (κ3) is 2.69. The fourth-order valence-electron chi connectivity index (χ4n) is 2.50. The van der Waals surface area contributed by atoms with Crippen molar-refractivity contribution in [2.45, 2.75) is 37.7 Å². The van der Waals surface area contributed by atoms with Crippen molar-refractivity contribution in [1.29, 1.82) is 0 Å². The number of likely N-dealkylation sites (tertiary alicyclic amines) is 1. The molecule has 0 amide bonds. The number of piperidine rings is 1. The first-order chi connectivity index (χ1) is 6.79. The molecule has 2 fully saturated rings. The molecular weight excluding hydrogens is 178 g/mol. The van der Waals surface area contributed by atoms with Crippen LogP contribution in [0, 0.1) is 0 Å². The van der Waals surface area contributed by atoms with Crippen LogP contribution in [0.5, 0.6) is 0 Å². The molecule has 14 heavy (non-hydrogen) atoms. The summed E-state index contributed by atoms with van der Waals surface area (Å²) in [5.74, 6) is 0. The minimum Gasteiger partial charge on any atom is -0.386 e. The lowest BCUT2D eigenvalue weighted by molar-refractivity contribution is -0.101. The second-order valence-electron chi connectivity index (χ2n) is 4.72. The Morgan fingerprint density at radius 2 is 1.93 bits per heavy atom. The molecule has 1 atom stereocenters. The molecule has 2 saturated heterocycles. The van der Waals surface area contributed by atoms with E-state index < -0.39 is 5.60 Å². The largest absolute Gasteiger partial charge is 0.386 e. The Hall–Kier alpha value is -0.120. The molecule has 0 spiro atoms. The van der Waals surface area contributed by atoms with E-state index in [9.17, 15) is 5.11 Å². The Morgan fingerprint density at radius 1 is 1.14 bits per heavy atom. The second-order valence-corrected chi connectivity index (χ2v) is 4.72. The SMILES string of the molecule is OC1(CN2CCCCC2)CCCOC1. The lowest BCUT2D eigenvalue weighted by Gasteiger charge is -2.38. The molecule has 2 aliphatic rings. The summed E-state index contributed by atoms with van der Waals surface area (Å²) < 4.78 is 5.35. The highest BCUT2D eigenvalue weighted by atomic mass is 16.5. The summed E-state index contributed by atoms with van der Waals surface area (Å²) in [6, 6.07) is 0. The minimum absolute atomic E-state index is 0.531. The average molecular weight is 199 g/mol. The van der Waals surface area contributed by atoms with Gasteiger partial charge in [0.2, 0.25) is 0 Å². The van der Waals surface area contributed by atoms with Crippen LogP contribution < -0.4 is 0 Å². The van der Waals surface area contributed by atoms with E-state index in [0.29, 0.717) is 6.61 Å². The Labute approximate surface area is 86.0 Å². The summed E-state index contributed by atoms with van der Waals surface area (Å²) in [6.07, 6.45) is 5.84. The van der Waals surface area contributed by atoms with Crippen molar-refractivity contribution in [1.82, 2.24) is 4.90 Å². The van der Waals surface area contributed by atoms with Gasteiger partial charge in [0.1, 0.15) is 5.60 Å². The standard InChI is InChI=1S/C11H21NO2/c13-11(5-4-8-14-10-11)9-12-6-2-1-3-7-12/h13H,1-10H2. The fourth-order valence-corrected chi connectivity index (χ4v) is 2.50. The zero-order valence-electron chi connectivity index (χ0n) is 8.87. The van der Waals surface area contributed by atoms with Gasteiger partial charge in [-0.05, 0) is 38.8 Å². The Balaban J connectivity index is 1.81. The van der Waals surface area contributed by atoms with E-state index in [1.807, 2.05) is 0 Å². The highest BCUT2D eigenvalue weighted by Crippen LogP contribution is 2.21. The van der Waals surface area contributed by atoms with Crippen LogP contribution in [0.25, 0.3) is 0 Å². The van der Waals surface area contributed by atoms with Gasteiger partial charge in [0.25, 0.3) is 0 Å². The van der Waals surface area contributed by atoms with Gasteiger partial charge in [-0.25, -0.2) is 0 Å². The molecule has 0 aromatic heterocycles. The van der Waals surface area contributed by atoms with E-state index in [2.05, 4.69) is 4.90 Å². The zero-order chi connectivity index (χ0) is 9.86. The fraction of sp³-hybridized carbons (Fsp3) is 1.00. The van der Waals surface area contributed by atoms with Crippen molar-refractivity contribution < 1.29 is 9.84 Å². The third-order valence-corrected chi connectivity index (χ3v) is 3.27. The van der Waals surface area contributed by atoms with Gasteiger partial charge in [-0.2, -0.15) is 0 Å². The topological polar surface area (TPSA) is 32.7 Å². The van der Waals surface area contributed by atoms with Crippen LogP contribution in [0.1, 0.15) is 32.1 Å². The van der Waals surface area contributed by atoms with Crippen molar-refractivity contribution >= 4 is 0 Å². The first-order valence-corrected chi connectivity index (χ1v) is 5.81. The monoisotopic (exact) mass is 199 g/mol. The third-order valence-electron chi connectivity index (χ3n) is 3.27. The molecule has 0 aromatic carbocycles. The number of hydrogen-bond donors (Lipinski definition) is 1. The van der Waals surface area contributed by atoms with Crippen molar-refractivity contribution in [3.05, 3.63) is 0 Å².